The van der Waals surface area contributed by atoms with Crippen molar-refractivity contribution in [1.82, 2.24) is 10.2 Å². The highest BCUT2D eigenvalue weighted by atomic mass is 35.5. The maximum absolute atomic E-state index is 13.1. The van der Waals surface area contributed by atoms with Crippen molar-refractivity contribution >= 4 is 23.4 Å². The number of hydrogen-bond donors (Lipinski definition) is 1. The lowest BCUT2D eigenvalue weighted by atomic mass is 10.1. The number of benzene rings is 2. The van der Waals surface area contributed by atoms with Gasteiger partial charge in [-0.3, -0.25) is 9.59 Å². The Hall–Kier alpha value is -2.53. The van der Waals surface area contributed by atoms with Gasteiger partial charge in [0.25, 0.3) is 5.91 Å². The normalized spacial score (nSPS) is 12.2. The molecule has 2 rings (SSSR count). The minimum absolute atomic E-state index is 0.155. The largest absolute Gasteiger partial charge is 0.483 e. The molecular weight excluding hydrogens is 400 g/mol. The van der Waals surface area contributed by atoms with Crippen molar-refractivity contribution in [2.45, 2.75) is 59.7 Å². The first kappa shape index (κ1) is 23.7. The molecule has 2 amide bonds. The fraction of sp³-hybridized carbons (Fsp3) is 0.417. The Morgan fingerprint density at radius 1 is 1.13 bits per heavy atom. The topological polar surface area (TPSA) is 58.6 Å². The van der Waals surface area contributed by atoms with E-state index in [2.05, 4.69) is 5.32 Å². The molecule has 162 valence electrons. The highest BCUT2D eigenvalue weighted by Crippen LogP contribution is 2.20. The summed E-state index contributed by atoms with van der Waals surface area (Å²) in [4.78, 5) is 27.4. The average Bonchev–Trinajstić information content (AvgIpc) is 2.64. The Balaban J connectivity index is 2.21. The van der Waals surface area contributed by atoms with Gasteiger partial charge in [0.1, 0.15) is 11.8 Å². The van der Waals surface area contributed by atoms with Gasteiger partial charge < -0.3 is 15.0 Å². The van der Waals surface area contributed by atoms with Gasteiger partial charge in [-0.2, -0.15) is 0 Å². The van der Waals surface area contributed by atoms with E-state index in [1.807, 2.05) is 65.0 Å². The lowest BCUT2D eigenvalue weighted by molar-refractivity contribution is -0.142. The zero-order chi connectivity index (χ0) is 22.5. The second-order valence-corrected chi connectivity index (χ2v) is 9.06. The van der Waals surface area contributed by atoms with E-state index in [0.717, 1.165) is 16.7 Å². The van der Waals surface area contributed by atoms with Crippen molar-refractivity contribution < 1.29 is 14.3 Å². The van der Waals surface area contributed by atoms with Crippen LogP contribution in [0.4, 0.5) is 0 Å². The van der Waals surface area contributed by atoms with Crippen molar-refractivity contribution in [3.63, 3.8) is 0 Å². The lowest BCUT2D eigenvalue weighted by Crippen LogP contribution is -2.53. The SMILES string of the molecule is Cc1ccc(C)c(OCC(=O)N(Cc2cccc(Cl)c2)C(C)C(=O)NC(C)(C)C)c1. The summed E-state index contributed by atoms with van der Waals surface area (Å²) in [5.74, 6) is 0.176. The minimum atomic E-state index is -0.669. The molecule has 0 spiro atoms. The first-order chi connectivity index (χ1) is 14.0. The standard InChI is InChI=1S/C24H31ClN2O3/c1-16-10-11-17(2)21(12-16)30-15-22(28)27(14-19-8-7-9-20(25)13-19)18(3)23(29)26-24(4,5)6/h7-13,18H,14-15H2,1-6H3,(H,26,29). The number of halogens is 1. The summed E-state index contributed by atoms with van der Waals surface area (Å²) in [6, 6.07) is 12.5. The van der Waals surface area contributed by atoms with Crippen LogP contribution in [0.1, 0.15) is 44.4 Å². The third kappa shape index (κ3) is 7.06. The van der Waals surface area contributed by atoms with E-state index in [4.69, 9.17) is 16.3 Å². The molecule has 0 fully saturated rings. The van der Waals surface area contributed by atoms with E-state index in [1.165, 1.54) is 4.90 Å². The predicted molar refractivity (Wildman–Crippen MR) is 121 cm³/mol. The molecule has 0 saturated heterocycles. The summed E-state index contributed by atoms with van der Waals surface area (Å²) in [5.41, 5.74) is 2.45. The second kappa shape index (κ2) is 9.98. The molecule has 2 aromatic rings. The molecule has 5 nitrogen and oxygen atoms in total. The Morgan fingerprint density at radius 2 is 1.83 bits per heavy atom. The van der Waals surface area contributed by atoms with Crippen LogP contribution in [0.25, 0.3) is 0 Å². The van der Waals surface area contributed by atoms with Crippen molar-refractivity contribution in [1.29, 1.82) is 0 Å². The Morgan fingerprint density at radius 3 is 2.47 bits per heavy atom. The van der Waals surface area contributed by atoms with Crippen LogP contribution in [0, 0.1) is 13.8 Å². The minimum Gasteiger partial charge on any atom is -0.483 e. The van der Waals surface area contributed by atoms with Crippen LogP contribution in [-0.2, 0) is 16.1 Å². The van der Waals surface area contributed by atoms with Gasteiger partial charge in [0, 0.05) is 17.1 Å². The molecule has 0 aromatic heterocycles. The number of carbonyl (C=O) groups excluding carboxylic acids is 2. The molecule has 0 aliphatic heterocycles. The fourth-order valence-electron chi connectivity index (χ4n) is 2.97. The van der Waals surface area contributed by atoms with E-state index in [9.17, 15) is 9.59 Å². The highest BCUT2D eigenvalue weighted by Gasteiger charge is 2.28. The van der Waals surface area contributed by atoms with Crippen LogP contribution in [0.15, 0.2) is 42.5 Å². The number of nitrogens with zero attached hydrogens (tertiary/aromatic N) is 1. The van der Waals surface area contributed by atoms with Crippen molar-refractivity contribution in [2.24, 2.45) is 0 Å². The van der Waals surface area contributed by atoms with Gasteiger partial charge in [0.05, 0.1) is 0 Å². The third-order valence-electron chi connectivity index (χ3n) is 4.60. The number of hydrogen-bond acceptors (Lipinski definition) is 3. The highest BCUT2D eigenvalue weighted by molar-refractivity contribution is 6.30. The predicted octanol–water partition coefficient (Wildman–Crippen LogP) is 4.67. The summed E-state index contributed by atoms with van der Waals surface area (Å²) in [5, 5.41) is 3.52. The molecule has 6 heteroatoms. The molecular formula is C24H31ClN2O3. The van der Waals surface area contributed by atoms with Crippen molar-refractivity contribution in [2.75, 3.05) is 6.61 Å². The quantitative estimate of drug-likeness (QED) is 0.694. The van der Waals surface area contributed by atoms with Gasteiger partial charge in [-0.25, -0.2) is 0 Å². The average molecular weight is 431 g/mol. The monoisotopic (exact) mass is 430 g/mol. The van der Waals surface area contributed by atoms with Gasteiger partial charge >= 0.3 is 0 Å². The first-order valence-corrected chi connectivity index (χ1v) is 10.4. The molecule has 0 radical (unpaired) electrons. The number of carbonyl (C=O) groups is 2. The summed E-state index contributed by atoms with van der Waals surface area (Å²) < 4.78 is 5.80. The van der Waals surface area contributed by atoms with Crippen LogP contribution in [0.5, 0.6) is 5.75 Å². The molecule has 0 aliphatic carbocycles. The summed E-state index contributed by atoms with van der Waals surface area (Å²) in [6.07, 6.45) is 0. The van der Waals surface area contributed by atoms with Gasteiger partial charge in [-0.15, -0.1) is 0 Å². The number of amides is 2. The molecule has 0 heterocycles. The lowest BCUT2D eigenvalue weighted by Gasteiger charge is -2.31. The maximum atomic E-state index is 13.1. The van der Waals surface area contributed by atoms with Crippen LogP contribution in [0.3, 0.4) is 0 Å². The van der Waals surface area contributed by atoms with E-state index in [0.29, 0.717) is 10.8 Å². The van der Waals surface area contributed by atoms with Gasteiger partial charge in [0.15, 0.2) is 6.61 Å². The Bertz CT molecular complexity index is 906. The molecule has 0 saturated carbocycles. The molecule has 1 unspecified atom stereocenters. The van der Waals surface area contributed by atoms with Crippen LogP contribution in [-0.4, -0.2) is 34.9 Å². The number of aryl methyl sites for hydroxylation is 2. The maximum Gasteiger partial charge on any atom is 0.261 e. The van der Waals surface area contributed by atoms with Gasteiger partial charge in [-0.1, -0.05) is 35.9 Å². The van der Waals surface area contributed by atoms with Gasteiger partial charge in [0.2, 0.25) is 5.91 Å². The number of nitrogens with one attached hydrogen (secondary N) is 1. The smallest absolute Gasteiger partial charge is 0.261 e. The zero-order valence-electron chi connectivity index (χ0n) is 18.6. The fourth-order valence-corrected chi connectivity index (χ4v) is 3.19. The van der Waals surface area contributed by atoms with E-state index in [1.54, 1.807) is 19.1 Å². The third-order valence-corrected chi connectivity index (χ3v) is 4.84. The van der Waals surface area contributed by atoms with Gasteiger partial charge in [-0.05, 0) is 76.4 Å². The van der Waals surface area contributed by atoms with Crippen LogP contribution < -0.4 is 10.1 Å². The van der Waals surface area contributed by atoms with E-state index < -0.39 is 11.6 Å². The second-order valence-electron chi connectivity index (χ2n) is 8.62. The molecule has 30 heavy (non-hydrogen) atoms. The molecule has 2 aromatic carbocycles. The Labute approximate surface area is 184 Å². The Kier molecular flexibility index (Phi) is 7.90. The van der Waals surface area contributed by atoms with Crippen molar-refractivity contribution in [3.8, 4) is 5.75 Å². The number of ether oxygens (including phenoxy) is 1. The number of rotatable bonds is 7. The van der Waals surface area contributed by atoms with E-state index >= 15 is 0 Å². The zero-order valence-corrected chi connectivity index (χ0v) is 19.3. The van der Waals surface area contributed by atoms with Crippen molar-refractivity contribution in [3.05, 3.63) is 64.2 Å². The molecule has 0 bridgehead atoms. The molecule has 1 atom stereocenters. The van der Waals surface area contributed by atoms with E-state index in [-0.39, 0.29) is 25.0 Å². The summed E-state index contributed by atoms with van der Waals surface area (Å²) in [7, 11) is 0. The molecule has 0 aliphatic rings. The summed E-state index contributed by atoms with van der Waals surface area (Å²) in [6.45, 7) is 11.5. The van der Waals surface area contributed by atoms with Crippen LogP contribution in [0.2, 0.25) is 5.02 Å². The van der Waals surface area contributed by atoms with Crippen LogP contribution >= 0.6 is 11.6 Å². The summed E-state index contributed by atoms with van der Waals surface area (Å²) >= 11 is 6.10. The molecule has 1 N–H and O–H groups in total. The first-order valence-electron chi connectivity index (χ1n) is 10.0.